The van der Waals surface area contributed by atoms with Crippen LogP contribution < -0.4 is 5.32 Å². The molecule has 0 radical (unpaired) electrons. The standard InChI is InChI=1S/C16H25NO/c1-12-7-8-16(15(4)14(12)3)9-11-17-10-5-6-13(2)18/h7-8,17H,5-6,9-11H2,1-4H3. The van der Waals surface area contributed by atoms with Gasteiger partial charge in [-0.05, 0) is 75.9 Å². The number of hydrogen-bond donors (Lipinski definition) is 1. The normalized spacial score (nSPS) is 10.7. The van der Waals surface area contributed by atoms with E-state index in [1.807, 2.05) is 0 Å². The van der Waals surface area contributed by atoms with E-state index in [4.69, 9.17) is 0 Å². The van der Waals surface area contributed by atoms with E-state index in [1.54, 1.807) is 6.92 Å². The van der Waals surface area contributed by atoms with E-state index in [9.17, 15) is 4.79 Å². The van der Waals surface area contributed by atoms with Gasteiger partial charge in [0.25, 0.3) is 0 Å². The molecule has 1 N–H and O–H groups in total. The quantitative estimate of drug-likeness (QED) is 0.750. The van der Waals surface area contributed by atoms with Crippen LogP contribution in [-0.2, 0) is 11.2 Å². The van der Waals surface area contributed by atoms with Gasteiger partial charge in [0.1, 0.15) is 5.78 Å². The van der Waals surface area contributed by atoms with Crippen LogP contribution in [0.3, 0.4) is 0 Å². The third kappa shape index (κ3) is 4.61. The third-order valence-corrected chi connectivity index (χ3v) is 3.62. The van der Waals surface area contributed by atoms with Crippen LogP contribution >= 0.6 is 0 Å². The monoisotopic (exact) mass is 247 g/mol. The number of ketones is 1. The van der Waals surface area contributed by atoms with E-state index >= 15 is 0 Å². The van der Waals surface area contributed by atoms with Gasteiger partial charge in [-0.15, -0.1) is 0 Å². The van der Waals surface area contributed by atoms with E-state index in [0.717, 1.165) is 25.9 Å². The van der Waals surface area contributed by atoms with Crippen molar-refractivity contribution in [3.63, 3.8) is 0 Å². The van der Waals surface area contributed by atoms with Crippen molar-refractivity contribution in [1.82, 2.24) is 5.32 Å². The van der Waals surface area contributed by atoms with Gasteiger partial charge in [-0.1, -0.05) is 12.1 Å². The minimum atomic E-state index is 0.279. The number of benzene rings is 1. The maximum Gasteiger partial charge on any atom is 0.129 e. The first-order chi connectivity index (χ1) is 8.52. The van der Waals surface area contributed by atoms with Crippen molar-refractivity contribution in [2.75, 3.05) is 13.1 Å². The largest absolute Gasteiger partial charge is 0.316 e. The molecule has 2 nitrogen and oxygen atoms in total. The van der Waals surface area contributed by atoms with Crippen LogP contribution in [0.1, 0.15) is 42.0 Å². The SMILES string of the molecule is CC(=O)CCCNCCc1ccc(C)c(C)c1C. The molecule has 18 heavy (non-hydrogen) atoms. The first kappa shape index (κ1) is 14.9. The summed E-state index contributed by atoms with van der Waals surface area (Å²) in [5, 5.41) is 3.40. The maximum absolute atomic E-state index is 10.8. The molecule has 0 saturated heterocycles. The molecule has 0 aliphatic heterocycles. The summed E-state index contributed by atoms with van der Waals surface area (Å²) in [5.41, 5.74) is 5.62. The second kappa shape index (κ2) is 7.32. The van der Waals surface area contributed by atoms with Crippen molar-refractivity contribution in [3.05, 3.63) is 34.4 Å². The predicted octanol–water partition coefficient (Wildman–Crippen LogP) is 3.11. The van der Waals surface area contributed by atoms with Crippen LogP contribution in [0.4, 0.5) is 0 Å². The molecular weight excluding hydrogens is 222 g/mol. The Morgan fingerprint density at radius 2 is 1.83 bits per heavy atom. The van der Waals surface area contributed by atoms with Crippen molar-refractivity contribution in [2.45, 2.75) is 47.0 Å². The van der Waals surface area contributed by atoms with Gasteiger partial charge in [0, 0.05) is 6.42 Å². The molecular formula is C16H25NO. The number of carbonyl (C=O) groups excluding carboxylic acids is 1. The lowest BCUT2D eigenvalue weighted by Crippen LogP contribution is -2.19. The smallest absolute Gasteiger partial charge is 0.129 e. The molecule has 0 fully saturated rings. The summed E-state index contributed by atoms with van der Waals surface area (Å²) < 4.78 is 0. The van der Waals surface area contributed by atoms with E-state index in [2.05, 4.69) is 38.2 Å². The highest BCUT2D eigenvalue weighted by Crippen LogP contribution is 2.17. The number of carbonyl (C=O) groups is 1. The summed E-state index contributed by atoms with van der Waals surface area (Å²) in [6.07, 6.45) is 2.70. The zero-order chi connectivity index (χ0) is 13.5. The fourth-order valence-corrected chi connectivity index (χ4v) is 2.09. The zero-order valence-corrected chi connectivity index (χ0v) is 12.1. The molecule has 2 heteroatoms. The highest BCUT2D eigenvalue weighted by molar-refractivity contribution is 5.75. The Labute approximate surface area is 111 Å². The summed E-state index contributed by atoms with van der Waals surface area (Å²) in [6.45, 7) is 10.1. The highest BCUT2D eigenvalue weighted by atomic mass is 16.1. The number of aryl methyl sites for hydroxylation is 1. The van der Waals surface area contributed by atoms with Gasteiger partial charge in [0.2, 0.25) is 0 Å². The average Bonchev–Trinajstić information content (AvgIpc) is 2.33. The predicted molar refractivity (Wildman–Crippen MR) is 77.1 cm³/mol. The van der Waals surface area contributed by atoms with Crippen molar-refractivity contribution in [3.8, 4) is 0 Å². The Kier molecular flexibility index (Phi) is 6.06. The first-order valence-corrected chi connectivity index (χ1v) is 6.78. The second-order valence-corrected chi connectivity index (χ2v) is 5.10. The number of rotatable bonds is 7. The fourth-order valence-electron chi connectivity index (χ4n) is 2.09. The van der Waals surface area contributed by atoms with Crippen molar-refractivity contribution < 1.29 is 4.79 Å². The zero-order valence-electron chi connectivity index (χ0n) is 12.1. The maximum atomic E-state index is 10.8. The molecule has 0 amide bonds. The van der Waals surface area contributed by atoms with Crippen LogP contribution in [0, 0.1) is 20.8 Å². The summed E-state index contributed by atoms with van der Waals surface area (Å²) in [7, 11) is 0. The summed E-state index contributed by atoms with van der Waals surface area (Å²) in [6, 6.07) is 4.43. The minimum absolute atomic E-state index is 0.279. The molecule has 0 unspecified atom stereocenters. The van der Waals surface area contributed by atoms with Gasteiger partial charge < -0.3 is 10.1 Å². The summed E-state index contributed by atoms with van der Waals surface area (Å²) in [4.78, 5) is 10.8. The van der Waals surface area contributed by atoms with Crippen molar-refractivity contribution in [1.29, 1.82) is 0 Å². The molecule has 0 aromatic heterocycles. The highest BCUT2D eigenvalue weighted by Gasteiger charge is 2.03. The summed E-state index contributed by atoms with van der Waals surface area (Å²) >= 11 is 0. The average molecular weight is 247 g/mol. The van der Waals surface area contributed by atoms with Crippen LogP contribution in [0.15, 0.2) is 12.1 Å². The lowest BCUT2D eigenvalue weighted by molar-refractivity contribution is -0.117. The van der Waals surface area contributed by atoms with Gasteiger partial charge in [0.15, 0.2) is 0 Å². The molecule has 0 aliphatic carbocycles. The molecule has 0 bridgehead atoms. The van der Waals surface area contributed by atoms with E-state index in [-0.39, 0.29) is 5.78 Å². The first-order valence-electron chi connectivity index (χ1n) is 6.78. The number of nitrogens with one attached hydrogen (secondary N) is 1. The van der Waals surface area contributed by atoms with Crippen molar-refractivity contribution >= 4 is 5.78 Å². The number of Topliss-reactive ketones (excluding diaryl/α,β-unsaturated/α-hetero) is 1. The fraction of sp³-hybridized carbons (Fsp3) is 0.562. The topological polar surface area (TPSA) is 29.1 Å². The Morgan fingerprint density at radius 1 is 1.11 bits per heavy atom. The van der Waals surface area contributed by atoms with Crippen LogP contribution in [0.2, 0.25) is 0 Å². The molecule has 1 rings (SSSR count). The van der Waals surface area contributed by atoms with Crippen LogP contribution in [-0.4, -0.2) is 18.9 Å². The molecule has 0 atom stereocenters. The molecule has 0 spiro atoms. The van der Waals surface area contributed by atoms with Crippen LogP contribution in [0.25, 0.3) is 0 Å². The Hall–Kier alpha value is -1.15. The van der Waals surface area contributed by atoms with Gasteiger partial charge in [-0.2, -0.15) is 0 Å². The van der Waals surface area contributed by atoms with Crippen LogP contribution in [0.5, 0.6) is 0 Å². The molecule has 0 aliphatic rings. The lowest BCUT2D eigenvalue weighted by atomic mass is 9.97. The van der Waals surface area contributed by atoms with Gasteiger partial charge in [0.05, 0.1) is 0 Å². The Balaban J connectivity index is 2.32. The molecule has 0 heterocycles. The molecule has 1 aromatic rings. The summed E-state index contributed by atoms with van der Waals surface area (Å²) in [5.74, 6) is 0.279. The van der Waals surface area contributed by atoms with Gasteiger partial charge in [-0.25, -0.2) is 0 Å². The molecule has 0 saturated carbocycles. The minimum Gasteiger partial charge on any atom is -0.316 e. The van der Waals surface area contributed by atoms with Gasteiger partial charge >= 0.3 is 0 Å². The second-order valence-electron chi connectivity index (χ2n) is 5.10. The number of hydrogen-bond acceptors (Lipinski definition) is 2. The Morgan fingerprint density at radius 3 is 2.50 bits per heavy atom. The van der Waals surface area contributed by atoms with E-state index in [1.165, 1.54) is 22.3 Å². The lowest BCUT2D eigenvalue weighted by Gasteiger charge is -2.11. The molecule has 1 aromatic carbocycles. The Bertz CT molecular complexity index is 410. The third-order valence-electron chi connectivity index (χ3n) is 3.62. The van der Waals surface area contributed by atoms with E-state index in [0.29, 0.717) is 6.42 Å². The van der Waals surface area contributed by atoms with Gasteiger partial charge in [-0.3, -0.25) is 0 Å². The molecule has 100 valence electrons. The van der Waals surface area contributed by atoms with Crippen molar-refractivity contribution in [2.24, 2.45) is 0 Å². The van der Waals surface area contributed by atoms with E-state index < -0.39 is 0 Å².